The molecule has 2 aliphatic heterocycles. The minimum absolute atomic E-state index is 0.0438. The summed E-state index contributed by atoms with van der Waals surface area (Å²) in [4.78, 5) is 26.8. The van der Waals surface area contributed by atoms with E-state index in [-0.39, 0.29) is 29.9 Å². The Kier molecular flexibility index (Phi) is 8.83. The molecule has 1 unspecified atom stereocenters. The van der Waals surface area contributed by atoms with Crippen LogP contribution in [0.15, 0.2) is 47.4 Å². The molecule has 0 aromatic heterocycles. The minimum atomic E-state index is -3.92. The van der Waals surface area contributed by atoms with E-state index in [1.807, 2.05) is 24.3 Å². The zero-order chi connectivity index (χ0) is 26.4. The average Bonchev–Trinajstić information content (AvgIpc) is 2.89. The number of nitrogens with one attached hydrogen (secondary N) is 1. The second-order valence-electron chi connectivity index (χ2n) is 9.47. The Labute approximate surface area is 218 Å². The summed E-state index contributed by atoms with van der Waals surface area (Å²) < 4.78 is 40.0. The summed E-state index contributed by atoms with van der Waals surface area (Å²) in [5.74, 6) is -0.0355. The second kappa shape index (κ2) is 12.1. The molecule has 1 N–H and O–H groups in total. The maximum atomic E-state index is 13.9. The first kappa shape index (κ1) is 27.1. The molecule has 2 aromatic carbocycles. The number of carbonyl (C=O) groups is 2. The van der Waals surface area contributed by atoms with Gasteiger partial charge in [-0.15, -0.1) is 0 Å². The molecule has 200 valence electrons. The molecule has 0 radical (unpaired) electrons. The van der Waals surface area contributed by atoms with E-state index in [0.717, 1.165) is 44.1 Å². The van der Waals surface area contributed by atoms with Gasteiger partial charge in [-0.3, -0.25) is 9.59 Å². The quantitative estimate of drug-likeness (QED) is 0.644. The summed E-state index contributed by atoms with van der Waals surface area (Å²) in [7, 11) is -2.43. The molecule has 2 heterocycles. The highest BCUT2D eigenvalue weighted by molar-refractivity contribution is 7.89. The van der Waals surface area contributed by atoms with Crippen molar-refractivity contribution < 1.29 is 27.5 Å². The van der Waals surface area contributed by atoms with Crippen LogP contribution in [0.3, 0.4) is 0 Å². The summed E-state index contributed by atoms with van der Waals surface area (Å²) in [5.41, 5.74) is 1.79. The van der Waals surface area contributed by atoms with Gasteiger partial charge in [0.1, 0.15) is 12.4 Å². The molecule has 4 rings (SSSR count). The molecule has 9 nitrogen and oxygen atoms in total. The van der Waals surface area contributed by atoms with Crippen molar-refractivity contribution in [3.8, 4) is 5.75 Å². The van der Waals surface area contributed by atoms with Crippen LogP contribution in [0.4, 0.5) is 11.4 Å². The van der Waals surface area contributed by atoms with Crippen molar-refractivity contribution in [1.82, 2.24) is 4.31 Å². The molecule has 2 aromatic rings. The highest BCUT2D eigenvalue weighted by Crippen LogP contribution is 2.34. The number of benzene rings is 2. The fourth-order valence-corrected chi connectivity index (χ4v) is 6.21. The first-order valence-electron chi connectivity index (χ1n) is 12.8. The highest BCUT2D eigenvalue weighted by Gasteiger charge is 2.30. The van der Waals surface area contributed by atoms with Gasteiger partial charge in [-0.25, -0.2) is 8.42 Å². The van der Waals surface area contributed by atoms with Gasteiger partial charge in [0.05, 0.1) is 10.6 Å². The van der Waals surface area contributed by atoms with Crippen LogP contribution in [0, 0.1) is 0 Å². The van der Waals surface area contributed by atoms with E-state index in [2.05, 4.69) is 5.32 Å². The van der Waals surface area contributed by atoms with Gasteiger partial charge in [0.15, 0.2) is 6.10 Å². The summed E-state index contributed by atoms with van der Waals surface area (Å²) in [6, 6.07) is 12.0. The van der Waals surface area contributed by atoms with Gasteiger partial charge in [0.25, 0.3) is 11.8 Å². The first-order chi connectivity index (χ1) is 17.8. The third kappa shape index (κ3) is 6.31. The van der Waals surface area contributed by atoms with Gasteiger partial charge < -0.3 is 19.7 Å². The number of anilines is 2. The van der Waals surface area contributed by atoms with Crippen molar-refractivity contribution in [2.24, 2.45) is 0 Å². The Bertz CT molecular complexity index is 1230. The van der Waals surface area contributed by atoms with Crippen molar-refractivity contribution in [1.29, 1.82) is 0 Å². The van der Waals surface area contributed by atoms with E-state index >= 15 is 0 Å². The number of methoxy groups -OCH3 is 1. The number of fused-ring (bicyclic) bond motifs is 2. The Balaban J connectivity index is 1.70. The van der Waals surface area contributed by atoms with Crippen molar-refractivity contribution in [3.63, 3.8) is 0 Å². The zero-order valence-electron chi connectivity index (χ0n) is 21.4. The number of ether oxygens (including phenoxy) is 2. The third-order valence-corrected chi connectivity index (χ3v) is 8.60. The molecule has 1 atom stereocenters. The van der Waals surface area contributed by atoms with Crippen LogP contribution in [-0.2, 0) is 30.9 Å². The molecular weight excluding hydrogens is 494 g/mol. The minimum Gasteiger partial charge on any atom is -0.479 e. The van der Waals surface area contributed by atoms with Crippen LogP contribution in [0.1, 0.15) is 51.0 Å². The van der Waals surface area contributed by atoms with Crippen molar-refractivity contribution in [2.45, 2.75) is 63.0 Å². The van der Waals surface area contributed by atoms with Crippen LogP contribution in [0.25, 0.3) is 0 Å². The molecule has 0 fully saturated rings. The summed E-state index contributed by atoms with van der Waals surface area (Å²) >= 11 is 0. The van der Waals surface area contributed by atoms with Gasteiger partial charge in [-0.2, -0.15) is 4.31 Å². The molecule has 10 heteroatoms. The number of hydrogen-bond donors (Lipinski definition) is 1. The lowest BCUT2D eigenvalue weighted by molar-refractivity contribution is -0.123. The second-order valence-corrected chi connectivity index (χ2v) is 11.4. The zero-order valence-corrected chi connectivity index (χ0v) is 22.3. The third-order valence-electron chi connectivity index (χ3n) is 6.76. The molecule has 0 saturated carbocycles. The van der Waals surface area contributed by atoms with Crippen LogP contribution >= 0.6 is 0 Å². The van der Waals surface area contributed by atoms with E-state index in [1.54, 1.807) is 17.9 Å². The molecule has 2 amide bonds. The van der Waals surface area contributed by atoms with E-state index in [9.17, 15) is 18.0 Å². The summed E-state index contributed by atoms with van der Waals surface area (Å²) in [5, 5.41) is 2.73. The molecular formula is C27H35N3O6S. The molecule has 0 saturated heterocycles. The predicted molar refractivity (Wildman–Crippen MR) is 141 cm³/mol. The maximum Gasteiger partial charge on any atom is 0.265 e. The molecule has 37 heavy (non-hydrogen) atoms. The van der Waals surface area contributed by atoms with Crippen LogP contribution in [0.2, 0.25) is 0 Å². The van der Waals surface area contributed by atoms with Gasteiger partial charge in [-0.1, -0.05) is 43.9 Å². The van der Waals surface area contributed by atoms with E-state index in [1.165, 1.54) is 23.5 Å². The number of hydrogen-bond acceptors (Lipinski definition) is 6. The van der Waals surface area contributed by atoms with E-state index < -0.39 is 16.1 Å². The Hall–Kier alpha value is -2.95. The number of carbonyl (C=O) groups excluding carboxylic acids is 2. The van der Waals surface area contributed by atoms with Gasteiger partial charge >= 0.3 is 0 Å². The largest absolute Gasteiger partial charge is 0.479 e. The maximum absolute atomic E-state index is 13.9. The van der Waals surface area contributed by atoms with E-state index in [0.29, 0.717) is 30.2 Å². The molecule has 0 spiro atoms. The summed E-state index contributed by atoms with van der Waals surface area (Å²) in [6.07, 6.45) is 4.92. The molecule has 0 bridgehead atoms. The van der Waals surface area contributed by atoms with E-state index in [4.69, 9.17) is 9.47 Å². The normalized spacial score (nSPS) is 19.8. The summed E-state index contributed by atoms with van der Waals surface area (Å²) in [6.45, 7) is 2.61. The van der Waals surface area contributed by atoms with Crippen molar-refractivity contribution >= 4 is 33.2 Å². The monoisotopic (exact) mass is 529 g/mol. The average molecular weight is 530 g/mol. The standard InChI is InChI=1S/C27H35N3O6S/c1-20-27(32)28-23-17-22(13-14-25(23)36-20)37(33,34)29-15-9-5-3-4-6-10-16-30(26(31)19-35-2)24-12-8-7-11-21(24)18-29/h7-8,11-14,17,20H,3-6,9-10,15-16,18-19H2,1-2H3,(H,28,32). The van der Waals surface area contributed by atoms with Crippen molar-refractivity contribution in [3.05, 3.63) is 48.0 Å². The molecule has 0 aliphatic carbocycles. The van der Waals surface area contributed by atoms with Gasteiger partial charge in [0.2, 0.25) is 10.0 Å². The smallest absolute Gasteiger partial charge is 0.265 e. The van der Waals surface area contributed by atoms with Crippen LogP contribution in [-0.4, -0.2) is 57.4 Å². The SMILES string of the molecule is COCC(=O)N1CCCCCCCCN(S(=O)(=O)c2ccc3c(c2)NC(=O)C(C)O3)Cc2ccccc21. The van der Waals surface area contributed by atoms with Crippen LogP contribution in [0.5, 0.6) is 5.75 Å². The highest BCUT2D eigenvalue weighted by atomic mass is 32.2. The Morgan fingerprint density at radius 1 is 1.05 bits per heavy atom. The first-order valence-corrected chi connectivity index (χ1v) is 14.2. The number of amides is 2. The van der Waals surface area contributed by atoms with Crippen molar-refractivity contribution in [2.75, 3.05) is 37.0 Å². The Morgan fingerprint density at radius 3 is 2.51 bits per heavy atom. The Morgan fingerprint density at radius 2 is 1.76 bits per heavy atom. The fraction of sp³-hybridized carbons (Fsp3) is 0.481. The number of nitrogens with zero attached hydrogens (tertiary/aromatic N) is 2. The fourth-order valence-electron chi connectivity index (χ4n) is 4.73. The van der Waals surface area contributed by atoms with Gasteiger partial charge in [0, 0.05) is 32.4 Å². The molecule has 2 aliphatic rings. The lowest BCUT2D eigenvalue weighted by Gasteiger charge is -2.28. The number of rotatable bonds is 4. The lowest BCUT2D eigenvalue weighted by Crippen LogP contribution is -2.37. The topological polar surface area (TPSA) is 105 Å². The van der Waals surface area contributed by atoms with Crippen LogP contribution < -0.4 is 15.0 Å². The van der Waals surface area contributed by atoms with Gasteiger partial charge in [-0.05, 0) is 49.6 Å². The predicted octanol–water partition coefficient (Wildman–Crippen LogP) is 3.93. The number of para-hydroxylation sites is 1. The number of sulfonamides is 1. The lowest BCUT2D eigenvalue weighted by atomic mass is 10.1.